The van der Waals surface area contributed by atoms with Crippen molar-refractivity contribution in [1.29, 1.82) is 0 Å². The maximum atomic E-state index is 3.72. The summed E-state index contributed by atoms with van der Waals surface area (Å²) in [5.74, 6) is 0.781. The summed E-state index contributed by atoms with van der Waals surface area (Å²) < 4.78 is 0. The molecule has 19 heavy (non-hydrogen) atoms. The predicted octanol–water partition coefficient (Wildman–Crippen LogP) is 4.05. The van der Waals surface area contributed by atoms with Crippen molar-refractivity contribution < 1.29 is 0 Å². The molecular weight excluding hydrogens is 232 g/mol. The fourth-order valence-corrected chi connectivity index (χ4v) is 3.57. The van der Waals surface area contributed by atoms with Gasteiger partial charge in [0.05, 0.1) is 0 Å². The first-order chi connectivity index (χ1) is 9.12. The highest BCUT2D eigenvalue weighted by Gasteiger charge is 2.31. The summed E-state index contributed by atoms with van der Waals surface area (Å²) in [5, 5.41) is 3.72. The van der Waals surface area contributed by atoms with E-state index in [1.165, 1.54) is 51.6 Å². The molecule has 2 atom stereocenters. The molecular formula is C17H36N2. The molecule has 1 rings (SSSR count). The molecule has 1 aliphatic carbocycles. The van der Waals surface area contributed by atoms with Crippen molar-refractivity contribution in [3.63, 3.8) is 0 Å². The van der Waals surface area contributed by atoms with E-state index >= 15 is 0 Å². The largest absolute Gasteiger partial charge is 0.314 e. The predicted molar refractivity (Wildman–Crippen MR) is 85.6 cm³/mol. The van der Waals surface area contributed by atoms with E-state index < -0.39 is 0 Å². The summed E-state index contributed by atoms with van der Waals surface area (Å²) in [6, 6.07) is 2.38. The van der Waals surface area contributed by atoms with Gasteiger partial charge in [-0.1, -0.05) is 34.6 Å². The van der Waals surface area contributed by atoms with Gasteiger partial charge in [0.2, 0.25) is 0 Å². The summed E-state index contributed by atoms with van der Waals surface area (Å²) in [6.45, 7) is 14.1. The zero-order valence-corrected chi connectivity index (χ0v) is 13.9. The lowest BCUT2D eigenvalue weighted by Gasteiger charge is -2.37. The molecule has 0 spiro atoms. The molecule has 1 N–H and O–H groups in total. The van der Waals surface area contributed by atoms with E-state index in [4.69, 9.17) is 0 Å². The maximum Gasteiger partial charge on any atom is 0.0114 e. The van der Waals surface area contributed by atoms with Crippen LogP contribution in [-0.2, 0) is 0 Å². The van der Waals surface area contributed by atoms with Gasteiger partial charge in [0.25, 0.3) is 0 Å². The van der Waals surface area contributed by atoms with E-state index in [1.807, 2.05) is 0 Å². The smallest absolute Gasteiger partial charge is 0.0114 e. The molecule has 0 radical (unpaired) electrons. The van der Waals surface area contributed by atoms with E-state index in [1.54, 1.807) is 0 Å². The Morgan fingerprint density at radius 1 is 1.11 bits per heavy atom. The Morgan fingerprint density at radius 3 is 2.32 bits per heavy atom. The zero-order chi connectivity index (χ0) is 14.3. The zero-order valence-electron chi connectivity index (χ0n) is 13.9. The Kier molecular flexibility index (Phi) is 8.01. The number of nitrogens with one attached hydrogen (secondary N) is 1. The van der Waals surface area contributed by atoms with Crippen LogP contribution in [0.5, 0.6) is 0 Å². The van der Waals surface area contributed by atoms with Crippen LogP contribution in [0.2, 0.25) is 0 Å². The molecule has 1 saturated carbocycles. The lowest BCUT2D eigenvalue weighted by molar-refractivity contribution is 0.110. The first kappa shape index (κ1) is 17.0. The minimum Gasteiger partial charge on any atom is -0.314 e. The average molecular weight is 268 g/mol. The lowest BCUT2D eigenvalue weighted by Crippen LogP contribution is -2.44. The monoisotopic (exact) mass is 268 g/mol. The van der Waals surface area contributed by atoms with Gasteiger partial charge in [0.15, 0.2) is 0 Å². The molecule has 0 aromatic rings. The SMILES string of the molecule is CCCNC1CCC(N(CC(C)C)C(CC)CC)C1. The van der Waals surface area contributed by atoms with Crippen molar-refractivity contribution in [1.82, 2.24) is 10.2 Å². The Hall–Kier alpha value is -0.0800. The fourth-order valence-electron chi connectivity index (χ4n) is 3.57. The van der Waals surface area contributed by atoms with Gasteiger partial charge in [-0.3, -0.25) is 4.90 Å². The molecule has 2 heteroatoms. The third kappa shape index (κ3) is 5.43. The van der Waals surface area contributed by atoms with Gasteiger partial charge < -0.3 is 5.32 Å². The minimum atomic E-state index is 0.772. The summed E-state index contributed by atoms with van der Waals surface area (Å²) in [6.07, 6.45) is 7.98. The molecule has 0 amide bonds. The molecule has 0 bridgehead atoms. The highest BCUT2D eigenvalue weighted by molar-refractivity contribution is 4.89. The van der Waals surface area contributed by atoms with Crippen LogP contribution < -0.4 is 5.32 Å². The number of nitrogens with zero attached hydrogens (tertiary/aromatic N) is 1. The summed E-state index contributed by atoms with van der Waals surface area (Å²) in [4.78, 5) is 2.83. The van der Waals surface area contributed by atoms with Gasteiger partial charge in [-0.2, -0.15) is 0 Å². The molecule has 1 aliphatic rings. The van der Waals surface area contributed by atoms with Gasteiger partial charge in [-0.15, -0.1) is 0 Å². The number of rotatable bonds is 9. The van der Waals surface area contributed by atoms with Crippen molar-refractivity contribution in [2.45, 2.75) is 91.3 Å². The van der Waals surface area contributed by atoms with Gasteiger partial charge in [0, 0.05) is 24.7 Å². The molecule has 0 heterocycles. The average Bonchev–Trinajstić information content (AvgIpc) is 2.84. The molecule has 0 aromatic heterocycles. The van der Waals surface area contributed by atoms with Gasteiger partial charge >= 0.3 is 0 Å². The van der Waals surface area contributed by atoms with Crippen LogP contribution in [0.4, 0.5) is 0 Å². The lowest BCUT2D eigenvalue weighted by atomic mass is 10.0. The second-order valence-corrected chi connectivity index (χ2v) is 6.68. The fraction of sp³-hybridized carbons (Fsp3) is 1.00. The van der Waals surface area contributed by atoms with E-state index in [2.05, 4.69) is 44.8 Å². The van der Waals surface area contributed by atoms with Crippen LogP contribution in [0.3, 0.4) is 0 Å². The summed E-state index contributed by atoms with van der Waals surface area (Å²) in [5.41, 5.74) is 0. The van der Waals surface area contributed by atoms with Gasteiger partial charge in [0.1, 0.15) is 0 Å². The first-order valence-corrected chi connectivity index (χ1v) is 8.61. The Balaban J connectivity index is 2.55. The number of hydrogen-bond donors (Lipinski definition) is 1. The van der Waals surface area contributed by atoms with E-state index in [9.17, 15) is 0 Å². The molecule has 1 fully saturated rings. The molecule has 0 aromatic carbocycles. The van der Waals surface area contributed by atoms with Crippen LogP contribution in [0.25, 0.3) is 0 Å². The van der Waals surface area contributed by atoms with Crippen LogP contribution >= 0.6 is 0 Å². The molecule has 0 saturated heterocycles. The van der Waals surface area contributed by atoms with Gasteiger partial charge in [-0.25, -0.2) is 0 Å². The Morgan fingerprint density at radius 2 is 1.79 bits per heavy atom. The Bertz CT molecular complexity index is 223. The molecule has 2 nitrogen and oxygen atoms in total. The van der Waals surface area contributed by atoms with Crippen molar-refractivity contribution in [2.75, 3.05) is 13.1 Å². The van der Waals surface area contributed by atoms with Crippen molar-refractivity contribution in [3.8, 4) is 0 Å². The topological polar surface area (TPSA) is 15.3 Å². The second kappa shape index (κ2) is 8.97. The molecule has 2 unspecified atom stereocenters. The van der Waals surface area contributed by atoms with E-state index in [0.29, 0.717) is 0 Å². The molecule has 114 valence electrons. The van der Waals surface area contributed by atoms with E-state index in [-0.39, 0.29) is 0 Å². The second-order valence-electron chi connectivity index (χ2n) is 6.68. The highest BCUT2D eigenvalue weighted by atomic mass is 15.2. The Labute approximate surface area is 121 Å². The van der Waals surface area contributed by atoms with Crippen LogP contribution in [0.1, 0.15) is 73.1 Å². The van der Waals surface area contributed by atoms with Crippen molar-refractivity contribution in [2.24, 2.45) is 5.92 Å². The number of hydrogen-bond acceptors (Lipinski definition) is 2. The summed E-state index contributed by atoms with van der Waals surface area (Å²) in [7, 11) is 0. The van der Waals surface area contributed by atoms with Crippen LogP contribution in [0.15, 0.2) is 0 Å². The third-order valence-corrected chi connectivity index (χ3v) is 4.54. The van der Waals surface area contributed by atoms with Crippen molar-refractivity contribution in [3.05, 3.63) is 0 Å². The standard InChI is InChI=1S/C17H36N2/c1-6-11-18-15-9-10-17(12-15)19(13-14(4)5)16(7-2)8-3/h14-18H,6-13H2,1-5H3. The maximum absolute atomic E-state index is 3.72. The van der Waals surface area contributed by atoms with Gasteiger partial charge in [-0.05, 0) is 51.0 Å². The highest BCUT2D eigenvalue weighted by Crippen LogP contribution is 2.28. The van der Waals surface area contributed by atoms with Crippen LogP contribution in [0, 0.1) is 5.92 Å². The first-order valence-electron chi connectivity index (χ1n) is 8.61. The normalized spacial score (nSPS) is 24.0. The quantitative estimate of drug-likeness (QED) is 0.678. The van der Waals surface area contributed by atoms with E-state index in [0.717, 1.165) is 24.0 Å². The summed E-state index contributed by atoms with van der Waals surface area (Å²) >= 11 is 0. The van der Waals surface area contributed by atoms with Crippen molar-refractivity contribution >= 4 is 0 Å². The van der Waals surface area contributed by atoms with Crippen LogP contribution in [-0.4, -0.2) is 36.1 Å². The molecule has 0 aliphatic heterocycles. The minimum absolute atomic E-state index is 0.772. The third-order valence-electron chi connectivity index (χ3n) is 4.54.